The topological polar surface area (TPSA) is 38.3 Å². The summed E-state index contributed by atoms with van der Waals surface area (Å²) >= 11 is 0. The van der Waals surface area contributed by atoms with E-state index in [0.29, 0.717) is 19.5 Å². The van der Waals surface area contributed by atoms with Gasteiger partial charge in [-0.15, -0.1) is 6.58 Å². The maximum Gasteiger partial charge on any atom is 0.314 e. The summed E-state index contributed by atoms with van der Waals surface area (Å²) in [5, 5.41) is 3.05. The van der Waals surface area contributed by atoms with Gasteiger partial charge in [0.15, 0.2) is 0 Å². The van der Waals surface area contributed by atoms with Gasteiger partial charge in [-0.3, -0.25) is 4.79 Å². The molecule has 1 N–H and O–H groups in total. The van der Waals surface area contributed by atoms with Crippen LogP contribution in [0.5, 0.6) is 0 Å². The Morgan fingerprint density at radius 1 is 1.82 bits per heavy atom. The van der Waals surface area contributed by atoms with E-state index in [4.69, 9.17) is 0 Å². The minimum atomic E-state index is -0.309. The minimum absolute atomic E-state index is 0.129. The molecular weight excluding hydrogens is 142 g/mol. The maximum atomic E-state index is 11.2. The van der Waals surface area contributed by atoms with Gasteiger partial charge in [-0.05, 0) is 6.42 Å². The Morgan fingerprint density at radius 2 is 2.45 bits per heavy atom. The van der Waals surface area contributed by atoms with Crippen molar-refractivity contribution in [3.8, 4) is 0 Å². The lowest BCUT2D eigenvalue weighted by Gasteiger charge is -2.38. The van der Waals surface area contributed by atoms with Crippen LogP contribution in [0.3, 0.4) is 0 Å². The zero-order chi connectivity index (χ0) is 8.32. The second-order valence-electron chi connectivity index (χ2n) is 2.87. The first-order valence-corrected chi connectivity index (χ1v) is 3.65. The van der Waals surface area contributed by atoms with Crippen LogP contribution in [0.4, 0.5) is 0 Å². The van der Waals surface area contributed by atoms with Crippen LogP contribution in [0.2, 0.25) is 0 Å². The molecule has 0 spiro atoms. The van der Waals surface area contributed by atoms with Crippen LogP contribution >= 0.6 is 0 Å². The summed E-state index contributed by atoms with van der Waals surface area (Å²) in [6, 6.07) is 0. The van der Waals surface area contributed by atoms with E-state index in [1.54, 1.807) is 6.08 Å². The lowest BCUT2D eigenvalue weighted by atomic mass is 9.79. The van der Waals surface area contributed by atoms with Crippen molar-refractivity contribution in [1.82, 2.24) is 5.32 Å². The molecular formula is C8H13NO2. The zero-order valence-electron chi connectivity index (χ0n) is 6.72. The van der Waals surface area contributed by atoms with E-state index in [-0.39, 0.29) is 11.4 Å². The van der Waals surface area contributed by atoms with Crippen molar-refractivity contribution in [2.24, 2.45) is 5.41 Å². The van der Waals surface area contributed by atoms with Gasteiger partial charge in [0.05, 0.1) is 12.5 Å². The molecule has 3 heteroatoms. The van der Waals surface area contributed by atoms with Crippen LogP contribution in [0, 0.1) is 5.41 Å². The van der Waals surface area contributed by atoms with Gasteiger partial charge >= 0.3 is 5.97 Å². The number of ether oxygens (including phenoxy) is 1. The SMILES string of the molecule is C=CCC1(C(=O)OC)CNC1. The van der Waals surface area contributed by atoms with Gasteiger partial charge in [0.1, 0.15) is 0 Å². The van der Waals surface area contributed by atoms with E-state index in [0.717, 1.165) is 0 Å². The fraction of sp³-hybridized carbons (Fsp3) is 0.625. The fourth-order valence-electron chi connectivity index (χ4n) is 1.29. The van der Waals surface area contributed by atoms with Gasteiger partial charge < -0.3 is 10.1 Å². The molecule has 1 heterocycles. The highest BCUT2D eigenvalue weighted by Gasteiger charge is 2.44. The summed E-state index contributed by atoms with van der Waals surface area (Å²) < 4.78 is 4.68. The first-order valence-electron chi connectivity index (χ1n) is 3.65. The Hall–Kier alpha value is -0.830. The Kier molecular flexibility index (Phi) is 2.29. The lowest BCUT2D eigenvalue weighted by molar-refractivity contribution is -0.155. The molecule has 1 fully saturated rings. The molecule has 1 rings (SSSR count). The highest BCUT2D eigenvalue weighted by Crippen LogP contribution is 2.28. The van der Waals surface area contributed by atoms with Crippen LogP contribution in [0.1, 0.15) is 6.42 Å². The van der Waals surface area contributed by atoms with Crippen molar-refractivity contribution < 1.29 is 9.53 Å². The first-order chi connectivity index (χ1) is 5.25. The van der Waals surface area contributed by atoms with Gasteiger partial charge in [-0.25, -0.2) is 0 Å². The molecule has 0 aromatic heterocycles. The lowest BCUT2D eigenvalue weighted by Crippen LogP contribution is -2.58. The third-order valence-corrected chi connectivity index (χ3v) is 2.08. The van der Waals surface area contributed by atoms with Crippen LogP contribution in [-0.2, 0) is 9.53 Å². The zero-order valence-corrected chi connectivity index (χ0v) is 6.72. The van der Waals surface area contributed by atoms with E-state index in [2.05, 4.69) is 16.6 Å². The van der Waals surface area contributed by atoms with Crippen molar-refractivity contribution in [2.45, 2.75) is 6.42 Å². The first kappa shape index (κ1) is 8.27. The average molecular weight is 155 g/mol. The molecule has 1 saturated heterocycles. The number of nitrogens with one attached hydrogen (secondary N) is 1. The third-order valence-electron chi connectivity index (χ3n) is 2.08. The molecule has 0 atom stereocenters. The average Bonchev–Trinajstić information content (AvgIpc) is 1.95. The van der Waals surface area contributed by atoms with Crippen molar-refractivity contribution in [3.05, 3.63) is 12.7 Å². The Balaban J connectivity index is 2.59. The number of methoxy groups -OCH3 is 1. The van der Waals surface area contributed by atoms with Crippen molar-refractivity contribution in [1.29, 1.82) is 0 Å². The van der Waals surface area contributed by atoms with Gasteiger partial charge in [0, 0.05) is 13.1 Å². The van der Waals surface area contributed by atoms with Crippen LogP contribution in [0.15, 0.2) is 12.7 Å². The predicted molar refractivity (Wildman–Crippen MR) is 42.1 cm³/mol. The fourth-order valence-corrected chi connectivity index (χ4v) is 1.29. The molecule has 0 bridgehead atoms. The summed E-state index contributed by atoms with van der Waals surface area (Å²) in [4.78, 5) is 11.2. The van der Waals surface area contributed by atoms with Gasteiger partial charge in [-0.1, -0.05) is 6.08 Å². The van der Waals surface area contributed by atoms with Gasteiger partial charge in [0.2, 0.25) is 0 Å². The van der Waals surface area contributed by atoms with E-state index in [1.807, 2.05) is 0 Å². The molecule has 62 valence electrons. The highest BCUT2D eigenvalue weighted by atomic mass is 16.5. The molecule has 0 saturated carbocycles. The second kappa shape index (κ2) is 3.05. The monoisotopic (exact) mass is 155 g/mol. The molecule has 1 aliphatic heterocycles. The number of esters is 1. The van der Waals surface area contributed by atoms with Gasteiger partial charge in [0.25, 0.3) is 0 Å². The molecule has 1 aliphatic rings. The van der Waals surface area contributed by atoms with E-state index < -0.39 is 0 Å². The molecule has 0 aromatic rings. The summed E-state index contributed by atoms with van der Waals surface area (Å²) in [6.07, 6.45) is 2.46. The number of rotatable bonds is 3. The standard InChI is InChI=1S/C8H13NO2/c1-3-4-8(5-9-6-8)7(10)11-2/h3,9H,1,4-6H2,2H3. The largest absolute Gasteiger partial charge is 0.469 e. The number of allylic oxidation sites excluding steroid dienone is 1. The molecule has 0 amide bonds. The van der Waals surface area contributed by atoms with E-state index in [1.165, 1.54) is 7.11 Å². The Bertz CT molecular complexity index is 173. The smallest absolute Gasteiger partial charge is 0.314 e. The summed E-state index contributed by atoms with van der Waals surface area (Å²) in [6.45, 7) is 5.04. The van der Waals surface area contributed by atoms with Crippen LogP contribution in [0.25, 0.3) is 0 Å². The molecule has 0 aliphatic carbocycles. The van der Waals surface area contributed by atoms with E-state index in [9.17, 15) is 4.79 Å². The normalized spacial score (nSPS) is 20.1. The van der Waals surface area contributed by atoms with Crippen molar-refractivity contribution in [2.75, 3.05) is 20.2 Å². The number of hydrogen-bond acceptors (Lipinski definition) is 3. The quantitative estimate of drug-likeness (QED) is 0.471. The third kappa shape index (κ3) is 1.28. The van der Waals surface area contributed by atoms with Crippen molar-refractivity contribution in [3.63, 3.8) is 0 Å². The minimum Gasteiger partial charge on any atom is -0.469 e. The summed E-state index contributed by atoms with van der Waals surface area (Å²) in [5.41, 5.74) is -0.309. The summed E-state index contributed by atoms with van der Waals surface area (Å²) in [7, 11) is 1.42. The second-order valence-corrected chi connectivity index (χ2v) is 2.87. The Morgan fingerprint density at radius 3 is 2.73 bits per heavy atom. The van der Waals surface area contributed by atoms with Crippen molar-refractivity contribution >= 4 is 5.97 Å². The maximum absolute atomic E-state index is 11.2. The molecule has 3 nitrogen and oxygen atoms in total. The molecule has 11 heavy (non-hydrogen) atoms. The van der Waals surface area contributed by atoms with Crippen LogP contribution < -0.4 is 5.32 Å². The number of carbonyl (C=O) groups excluding carboxylic acids is 1. The van der Waals surface area contributed by atoms with Gasteiger partial charge in [-0.2, -0.15) is 0 Å². The number of carbonyl (C=O) groups is 1. The molecule has 0 unspecified atom stereocenters. The predicted octanol–water partition coefficient (Wildman–Crippen LogP) is 0.325. The number of hydrogen-bond donors (Lipinski definition) is 1. The molecule has 0 aromatic carbocycles. The van der Waals surface area contributed by atoms with Crippen LogP contribution in [-0.4, -0.2) is 26.2 Å². The Labute approximate surface area is 66.4 Å². The van der Waals surface area contributed by atoms with E-state index >= 15 is 0 Å². The highest BCUT2D eigenvalue weighted by molar-refractivity contribution is 5.78. The summed E-state index contributed by atoms with van der Waals surface area (Å²) in [5.74, 6) is -0.129. The molecule has 0 radical (unpaired) electrons.